The Hall–Kier alpha value is -12.4. The van der Waals surface area contributed by atoms with Gasteiger partial charge < -0.3 is 58.8 Å². The maximum atomic E-state index is 11.8. The van der Waals surface area contributed by atoms with Crippen molar-refractivity contribution in [1.29, 1.82) is 0 Å². The maximum Gasteiger partial charge on any atom is 4.00 e. The van der Waals surface area contributed by atoms with E-state index in [9.17, 15) is 58.8 Å². The molecule has 0 aliphatic carbocycles. The quantitative estimate of drug-likeness (QED) is 0.0181. The zero-order chi connectivity index (χ0) is 77.4. The predicted octanol–water partition coefficient (Wildman–Crippen LogP) is 19.0. The van der Waals surface area contributed by atoms with E-state index in [1.165, 1.54) is 22.3 Å². The molecular formula is C96H80O12Ti2. The van der Waals surface area contributed by atoms with Gasteiger partial charge in [0.05, 0.1) is 46.3 Å². The number of ketones is 8. The Morgan fingerprint density at radius 1 is 0.182 bits per heavy atom. The Bertz CT molecular complexity index is 4060. The molecule has 544 valence electrons. The second-order valence-electron chi connectivity index (χ2n) is 23.8. The fraction of sp³-hybridized carbons (Fsp3) is 0.0833. The van der Waals surface area contributed by atoms with Gasteiger partial charge in [-0.05, 0) is 70.2 Å². The van der Waals surface area contributed by atoms with Gasteiger partial charge in [0.2, 0.25) is 0 Å². The fourth-order valence-electron chi connectivity index (χ4n) is 11.0. The Kier molecular flexibility index (Phi) is 38.5. The van der Waals surface area contributed by atoms with E-state index in [4.69, 9.17) is 0 Å². The Morgan fingerprint density at radius 2 is 0.291 bits per heavy atom. The van der Waals surface area contributed by atoms with Crippen molar-refractivity contribution in [1.82, 2.24) is 0 Å². The molecule has 12 rings (SSSR count). The van der Waals surface area contributed by atoms with Crippen molar-refractivity contribution in [2.45, 2.75) is 53.4 Å². The summed E-state index contributed by atoms with van der Waals surface area (Å²) in [6.45, 7) is 8.44. The summed E-state index contributed by atoms with van der Waals surface area (Å²) in [5.74, 6) is -2.01. The van der Waals surface area contributed by atoms with Gasteiger partial charge in [-0.25, -0.2) is 0 Å². The third-order valence-corrected chi connectivity index (χ3v) is 16.5. The molecule has 0 unspecified atom stereocenters. The van der Waals surface area contributed by atoms with Crippen LogP contribution in [-0.2, 0) is 43.4 Å². The minimum Gasteiger partial charge on any atom is -0.872 e. The van der Waals surface area contributed by atoms with Crippen molar-refractivity contribution in [3.05, 3.63) is 432 Å². The van der Waals surface area contributed by atoms with Crippen molar-refractivity contribution >= 4 is 68.6 Å². The number of allylic oxidation sites excluding steroid dienone is 4. The standard InChI is InChI=1S/2C18H20O2.4C15H11O2.2Ti/c2*1-3-17(13-5-9-15(19)10-6-13)18(4-2)14-7-11-16(20)12-8-14;4*16-14(12-7-3-1-4-8-12)11-15(17)13-9-5-2-6-10-13;;/h2*5-12,19-20H,3-4H2,1-2H3;4*1-11H;;/q;;4*-1;2*+4/p-4. The predicted molar refractivity (Wildman–Crippen MR) is 422 cm³/mol. The van der Waals surface area contributed by atoms with E-state index in [-0.39, 0.29) is 113 Å². The monoisotopic (exact) mass is 1520 g/mol. The van der Waals surface area contributed by atoms with Crippen molar-refractivity contribution in [3.8, 4) is 23.0 Å². The third kappa shape index (κ3) is 29.0. The van der Waals surface area contributed by atoms with E-state index in [1.54, 1.807) is 243 Å². The molecular weight excluding hydrogens is 1440 g/mol. The van der Waals surface area contributed by atoms with E-state index in [1.807, 2.05) is 97.1 Å². The van der Waals surface area contributed by atoms with E-state index in [2.05, 4.69) is 27.7 Å². The number of rotatable bonds is 24. The molecule has 110 heavy (non-hydrogen) atoms. The number of carbonyl (C=O) groups excluding carboxylic acids is 8. The zero-order valence-electron chi connectivity index (χ0n) is 61.4. The summed E-state index contributed by atoms with van der Waals surface area (Å²) in [4.78, 5) is 94.0. The van der Waals surface area contributed by atoms with Gasteiger partial charge >= 0.3 is 43.4 Å². The van der Waals surface area contributed by atoms with Crippen molar-refractivity contribution in [3.63, 3.8) is 0 Å². The SMILES string of the molecule is CCC(=C(CC)c1ccc([O-])cc1)c1ccc([O-])cc1.CCC(=C(CC)c1ccc([O-])cc1)c1ccc([O-])cc1.O=C([CH-]C(=O)c1ccccc1)c1ccccc1.O=C([CH-]C(=O)c1ccccc1)c1ccccc1.O=C([CH-]C(=O)c1ccccc1)c1ccccc1.O=C([CH-]C(=O)c1ccccc1)c1ccccc1.[Ti+4].[Ti+4]. The Labute approximate surface area is 674 Å². The van der Waals surface area contributed by atoms with E-state index in [0.29, 0.717) is 44.5 Å². The van der Waals surface area contributed by atoms with Gasteiger partial charge in [0, 0.05) is 0 Å². The van der Waals surface area contributed by atoms with Gasteiger partial charge in [-0.1, -0.05) is 341 Å². The van der Waals surface area contributed by atoms with Crippen LogP contribution in [0.1, 0.15) is 158 Å². The maximum absolute atomic E-state index is 11.8. The van der Waals surface area contributed by atoms with Gasteiger partial charge in [-0.3, -0.25) is 0 Å². The van der Waals surface area contributed by atoms with Crippen LogP contribution in [0.15, 0.2) is 340 Å². The van der Waals surface area contributed by atoms with Crippen LogP contribution in [0.4, 0.5) is 0 Å². The van der Waals surface area contributed by atoms with Crippen LogP contribution in [0.25, 0.3) is 22.3 Å². The number of Topliss-reactive ketones (excluding diaryl/α,β-unsaturated/α-hetero) is 8. The molecule has 0 aliphatic rings. The van der Waals surface area contributed by atoms with Crippen LogP contribution in [0.5, 0.6) is 23.0 Å². The van der Waals surface area contributed by atoms with Gasteiger partial charge in [-0.15, -0.1) is 120 Å². The molecule has 14 heteroatoms. The van der Waals surface area contributed by atoms with Gasteiger partial charge in [0.25, 0.3) is 0 Å². The second kappa shape index (κ2) is 48.0. The minimum atomic E-state index is -0.264. The molecule has 12 aromatic rings. The van der Waals surface area contributed by atoms with Crippen molar-refractivity contribution < 1.29 is 102 Å². The Morgan fingerprint density at radius 3 is 0.391 bits per heavy atom. The molecule has 0 fully saturated rings. The summed E-state index contributed by atoms with van der Waals surface area (Å²) in [6.07, 6.45) is 8.08. The summed E-state index contributed by atoms with van der Waals surface area (Å²) in [7, 11) is 0. The summed E-state index contributed by atoms with van der Waals surface area (Å²) < 4.78 is 0. The first-order chi connectivity index (χ1) is 52.4. The molecule has 12 aromatic carbocycles. The first-order valence-corrected chi connectivity index (χ1v) is 35.1. The molecule has 0 bridgehead atoms. The van der Waals surface area contributed by atoms with Crippen molar-refractivity contribution in [2.24, 2.45) is 0 Å². The van der Waals surface area contributed by atoms with E-state index >= 15 is 0 Å². The van der Waals surface area contributed by atoms with Gasteiger partial charge in [-0.2, -0.15) is 0 Å². The number of carbonyl (C=O) groups is 8. The summed E-state index contributed by atoms with van der Waals surface area (Å²) in [5, 5.41) is 44.9. The molecule has 12 nitrogen and oxygen atoms in total. The smallest absolute Gasteiger partial charge is 0.872 e. The van der Waals surface area contributed by atoms with E-state index in [0.717, 1.165) is 73.6 Å². The average Bonchev–Trinajstić information content (AvgIpc) is 0.830. The van der Waals surface area contributed by atoms with E-state index < -0.39 is 0 Å². The Balaban J connectivity index is 0.000000236. The van der Waals surface area contributed by atoms with Crippen LogP contribution in [-0.4, -0.2) is 46.3 Å². The molecule has 0 atom stereocenters. The third-order valence-electron chi connectivity index (χ3n) is 16.5. The molecule has 0 saturated carbocycles. The molecule has 0 aromatic heterocycles. The largest absolute Gasteiger partial charge is 4.00 e. The normalized spacial score (nSPS) is 10.4. The molecule has 0 aliphatic heterocycles. The first kappa shape index (κ1) is 88.2. The van der Waals surface area contributed by atoms with Crippen molar-refractivity contribution in [2.75, 3.05) is 0 Å². The number of hydrogen-bond acceptors (Lipinski definition) is 12. The summed E-state index contributed by atoms with van der Waals surface area (Å²) in [5.41, 5.74) is 13.4. The molecule has 0 heterocycles. The molecule has 0 N–H and O–H groups in total. The number of hydrogen-bond donors (Lipinski definition) is 0. The molecule has 0 saturated heterocycles. The minimum absolute atomic E-state index is 0. The summed E-state index contributed by atoms with van der Waals surface area (Å²) >= 11 is 0. The van der Waals surface area contributed by atoms with Gasteiger partial charge in [0.15, 0.2) is 0 Å². The topological polar surface area (TPSA) is 229 Å². The second-order valence-corrected chi connectivity index (χ2v) is 23.8. The molecule has 0 spiro atoms. The van der Waals surface area contributed by atoms with Crippen LogP contribution < -0.4 is 20.4 Å². The first-order valence-electron chi connectivity index (χ1n) is 35.1. The van der Waals surface area contributed by atoms with Gasteiger partial charge in [0.1, 0.15) is 0 Å². The summed E-state index contributed by atoms with van der Waals surface area (Å²) in [6, 6.07) is 97.8. The zero-order valence-corrected chi connectivity index (χ0v) is 64.5. The van der Waals surface area contributed by atoms with Crippen LogP contribution in [0.2, 0.25) is 0 Å². The molecule has 0 amide bonds. The van der Waals surface area contributed by atoms with Crippen LogP contribution in [0.3, 0.4) is 0 Å². The van der Waals surface area contributed by atoms with Crippen LogP contribution in [0, 0.1) is 25.7 Å². The fourth-order valence-corrected chi connectivity index (χ4v) is 11.0. The number of benzene rings is 12. The molecule has 0 radical (unpaired) electrons. The van der Waals surface area contributed by atoms with Crippen LogP contribution >= 0.6 is 0 Å². The average molecular weight is 1520 g/mol.